The fourth-order valence-electron chi connectivity index (χ4n) is 2.43. The Balaban J connectivity index is 1.96. The first-order valence-electron chi connectivity index (χ1n) is 8.35. The Morgan fingerprint density at radius 3 is 2.69 bits per heavy atom. The number of hydrogen-bond donors (Lipinski definition) is 3. The zero-order valence-electron chi connectivity index (χ0n) is 14.4. The molecule has 0 amide bonds. The first-order chi connectivity index (χ1) is 12.7. The highest BCUT2D eigenvalue weighted by Gasteiger charge is 2.10. The molecule has 0 aliphatic rings. The van der Waals surface area contributed by atoms with E-state index in [1.807, 2.05) is 49.4 Å². The summed E-state index contributed by atoms with van der Waals surface area (Å²) in [7, 11) is 0. The van der Waals surface area contributed by atoms with Crippen LogP contribution >= 0.6 is 11.6 Å². The molecule has 3 N–H and O–H groups in total. The summed E-state index contributed by atoms with van der Waals surface area (Å²) in [5.41, 5.74) is 3.27. The highest BCUT2D eigenvalue weighted by Crippen LogP contribution is 2.29. The van der Waals surface area contributed by atoms with Gasteiger partial charge in [-0.05, 0) is 37.1 Å². The Hall–Kier alpha value is -2.70. The number of halogens is 1. The molecule has 2 aromatic heterocycles. The molecule has 0 saturated heterocycles. The molecule has 0 aliphatic heterocycles. The standard InChI is InChI=1S/C19H20ClN5O/c1-13-6-4-7-14(20)18(13)24-17-12-16(15-8-2-3-9-21-15)23-19(25-17)22-10-5-11-26/h2-4,6-9,12,26H,5,10-11H2,1H3,(H2,22,23,24,25). The molecule has 3 rings (SSSR count). The third kappa shape index (κ3) is 4.47. The Morgan fingerprint density at radius 2 is 1.96 bits per heavy atom. The van der Waals surface area contributed by atoms with Crippen LogP contribution < -0.4 is 10.6 Å². The Labute approximate surface area is 157 Å². The average Bonchev–Trinajstić information content (AvgIpc) is 2.66. The average molecular weight is 370 g/mol. The van der Waals surface area contributed by atoms with Crippen molar-refractivity contribution in [3.63, 3.8) is 0 Å². The highest BCUT2D eigenvalue weighted by molar-refractivity contribution is 6.33. The zero-order valence-corrected chi connectivity index (χ0v) is 15.2. The van der Waals surface area contributed by atoms with Crippen LogP contribution in [0.2, 0.25) is 5.02 Å². The lowest BCUT2D eigenvalue weighted by molar-refractivity contribution is 0.292. The molecular weight excluding hydrogens is 350 g/mol. The van der Waals surface area contributed by atoms with Crippen LogP contribution in [-0.4, -0.2) is 33.2 Å². The van der Waals surface area contributed by atoms with Crippen molar-refractivity contribution in [1.29, 1.82) is 0 Å². The predicted molar refractivity (Wildman–Crippen MR) is 105 cm³/mol. The summed E-state index contributed by atoms with van der Waals surface area (Å²) >= 11 is 6.32. The van der Waals surface area contributed by atoms with E-state index in [-0.39, 0.29) is 6.61 Å². The predicted octanol–water partition coefficient (Wildman–Crippen LogP) is 4.04. The van der Waals surface area contributed by atoms with Gasteiger partial charge in [0, 0.05) is 25.4 Å². The van der Waals surface area contributed by atoms with Gasteiger partial charge in [-0.15, -0.1) is 0 Å². The second-order valence-electron chi connectivity index (χ2n) is 5.74. The van der Waals surface area contributed by atoms with Gasteiger partial charge in [-0.25, -0.2) is 4.98 Å². The molecule has 0 atom stereocenters. The SMILES string of the molecule is Cc1cccc(Cl)c1Nc1cc(-c2ccccn2)nc(NCCCO)n1. The molecule has 7 heteroatoms. The number of hydrogen-bond acceptors (Lipinski definition) is 6. The van der Waals surface area contributed by atoms with Crippen LogP contribution in [-0.2, 0) is 0 Å². The normalized spacial score (nSPS) is 10.6. The molecule has 0 unspecified atom stereocenters. The van der Waals surface area contributed by atoms with Crippen molar-refractivity contribution >= 4 is 29.1 Å². The summed E-state index contributed by atoms with van der Waals surface area (Å²) in [6, 6.07) is 13.2. The maximum atomic E-state index is 8.97. The summed E-state index contributed by atoms with van der Waals surface area (Å²) in [6.07, 6.45) is 2.34. The number of aromatic nitrogens is 3. The maximum absolute atomic E-state index is 8.97. The number of nitrogens with zero attached hydrogens (tertiary/aromatic N) is 3. The molecule has 0 spiro atoms. The molecule has 0 radical (unpaired) electrons. The quantitative estimate of drug-likeness (QED) is 0.545. The van der Waals surface area contributed by atoms with Gasteiger partial charge < -0.3 is 15.7 Å². The molecule has 0 bridgehead atoms. The third-order valence-electron chi connectivity index (χ3n) is 3.75. The van der Waals surface area contributed by atoms with Crippen molar-refractivity contribution in [3.05, 3.63) is 59.2 Å². The van der Waals surface area contributed by atoms with Gasteiger partial charge in [0.15, 0.2) is 0 Å². The lowest BCUT2D eigenvalue weighted by atomic mass is 10.2. The van der Waals surface area contributed by atoms with E-state index >= 15 is 0 Å². The summed E-state index contributed by atoms with van der Waals surface area (Å²) < 4.78 is 0. The summed E-state index contributed by atoms with van der Waals surface area (Å²) in [4.78, 5) is 13.4. The van der Waals surface area contributed by atoms with E-state index in [2.05, 4.69) is 25.6 Å². The molecule has 0 fully saturated rings. The van der Waals surface area contributed by atoms with Crippen molar-refractivity contribution in [2.45, 2.75) is 13.3 Å². The van der Waals surface area contributed by atoms with E-state index in [1.54, 1.807) is 6.20 Å². The van der Waals surface area contributed by atoms with Gasteiger partial charge in [0.05, 0.1) is 22.1 Å². The molecular formula is C19H20ClN5O. The largest absolute Gasteiger partial charge is 0.396 e. The molecule has 3 aromatic rings. The minimum absolute atomic E-state index is 0.108. The Kier molecular flexibility index (Phi) is 5.99. The first-order valence-corrected chi connectivity index (χ1v) is 8.72. The zero-order chi connectivity index (χ0) is 18.4. The van der Waals surface area contributed by atoms with Crippen LogP contribution in [0.1, 0.15) is 12.0 Å². The van der Waals surface area contributed by atoms with E-state index < -0.39 is 0 Å². The van der Waals surface area contributed by atoms with Gasteiger partial charge in [0.25, 0.3) is 0 Å². The summed E-state index contributed by atoms with van der Waals surface area (Å²) in [5, 5.41) is 16.0. The van der Waals surface area contributed by atoms with E-state index in [4.69, 9.17) is 16.7 Å². The van der Waals surface area contributed by atoms with Gasteiger partial charge in [0.1, 0.15) is 5.82 Å². The third-order valence-corrected chi connectivity index (χ3v) is 4.06. The Bertz CT molecular complexity index is 853. The molecule has 0 aliphatic carbocycles. The van der Waals surface area contributed by atoms with E-state index in [1.165, 1.54) is 0 Å². The topological polar surface area (TPSA) is 83.0 Å². The van der Waals surface area contributed by atoms with Crippen molar-refractivity contribution in [2.75, 3.05) is 23.8 Å². The second kappa shape index (κ2) is 8.60. The van der Waals surface area contributed by atoms with Crippen molar-refractivity contribution < 1.29 is 5.11 Å². The number of rotatable bonds is 7. The van der Waals surface area contributed by atoms with Crippen LogP contribution in [0.15, 0.2) is 48.7 Å². The van der Waals surface area contributed by atoms with E-state index in [0.29, 0.717) is 35.4 Å². The molecule has 0 saturated carbocycles. The van der Waals surface area contributed by atoms with Crippen LogP contribution in [0.25, 0.3) is 11.4 Å². The van der Waals surface area contributed by atoms with Crippen molar-refractivity contribution in [2.24, 2.45) is 0 Å². The Morgan fingerprint density at radius 1 is 1.08 bits per heavy atom. The number of anilines is 3. The number of aliphatic hydroxyl groups excluding tert-OH is 1. The van der Waals surface area contributed by atoms with Crippen LogP contribution in [0.3, 0.4) is 0 Å². The molecule has 2 heterocycles. The number of aryl methyl sites for hydroxylation is 1. The van der Waals surface area contributed by atoms with Crippen molar-refractivity contribution in [1.82, 2.24) is 15.0 Å². The van der Waals surface area contributed by atoms with Gasteiger partial charge in [-0.2, -0.15) is 4.98 Å². The van der Waals surface area contributed by atoms with Gasteiger partial charge in [0.2, 0.25) is 5.95 Å². The summed E-state index contributed by atoms with van der Waals surface area (Å²) in [5.74, 6) is 1.08. The minimum atomic E-state index is 0.108. The lowest BCUT2D eigenvalue weighted by Crippen LogP contribution is -2.09. The van der Waals surface area contributed by atoms with E-state index in [9.17, 15) is 0 Å². The van der Waals surface area contributed by atoms with Gasteiger partial charge in [-0.1, -0.05) is 29.8 Å². The summed E-state index contributed by atoms with van der Waals surface area (Å²) in [6.45, 7) is 2.67. The number of nitrogens with one attached hydrogen (secondary N) is 2. The monoisotopic (exact) mass is 369 g/mol. The van der Waals surface area contributed by atoms with Gasteiger partial charge >= 0.3 is 0 Å². The molecule has 1 aromatic carbocycles. The fraction of sp³-hybridized carbons (Fsp3) is 0.211. The molecule has 134 valence electrons. The second-order valence-corrected chi connectivity index (χ2v) is 6.14. The fourth-order valence-corrected chi connectivity index (χ4v) is 2.70. The van der Waals surface area contributed by atoms with E-state index in [0.717, 1.165) is 16.9 Å². The number of benzene rings is 1. The molecule has 6 nitrogen and oxygen atoms in total. The van der Waals surface area contributed by atoms with Crippen LogP contribution in [0, 0.1) is 6.92 Å². The lowest BCUT2D eigenvalue weighted by Gasteiger charge is -2.13. The number of aliphatic hydroxyl groups is 1. The maximum Gasteiger partial charge on any atom is 0.225 e. The first kappa shape index (κ1) is 18.1. The van der Waals surface area contributed by atoms with Crippen LogP contribution in [0.5, 0.6) is 0 Å². The number of para-hydroxylation sites is 1. The smallest absolute Gasteiger partial charge is 0.225 e. The number of pyridine rings is 1. The highest BCUT2D eigenvalue weighted by atomic mass is 35.5. The minimum Gasteiger partial charge on any atom is -0.396 e. The van der Waals surface area contributed by atoms with Crippen LogP contribution in [0.4, 0.5) is 17.5 Å². The van der Waals surface area contributed by atoms with Gasteiger partial charge in [-0.3, -0.25) is 4.98 Å². The van der Waals surface area contributed by atoms with Crippen molar-refractivity contribution in [3.8, 4) is 11.4 Å². The molecule has 26 heavy (non-hydrogen) atoms.